The lowest BCUT2D eigenvalue weighted by Crippen LogP contribution is -2.32. The number of hydrogen-bond donors (Lipinski definition) is 2. The quantitative estimate of drug-likeness (QED) is 0.496. The Balaban J connectivity index is 2.41. The van der Waals surface area contributed by atoms with Crippen molar-refractivity contribution in [3.8, 4) is 11.8 Å². The Hall–Kier alpha value is -2.22. The molecule has 0 aliphatic heterocycles. The van der Waals surface area contributed by atoms with Crippen LogP contribution in [0.15, 0.2) is 18.2 Å². The van der Waals surface area contributed by atoms with E-state index in [1.807, 2.05) is 0 Å². The maximum atomic E-state index is 13.5. The number of amides is 1. The summed E-state index contributed by atoms with van der Waals surface area (Å²) in [4.78, 5) is 11.3. The van der Waals surface area contributed by atoms with Gasteiger partial charge in [0.05, 0.1) is 11.3 Å². The van der Waals surface area contributed by atoms with Gasteiger partial charge in [-0.05, 0) is 32.9 Å². The normalized spacial score (nSPS) is 10.4. The van der Waals surface area contributed by atoms with Gasteiger partial charge in [0, 0.05) is 13.0 Å². The topological polar surface area (TPSA) is 64.3 Å². The van der Waals surface area contributed by atoms with E-state index in [4.69, 9.17) is 10.5 Å². The fourth-order valence-electron chi connectivity index (χ4n) is 1.35. The number of nitrogen functional groups attached to an aromatic ring is 1. The van der Waals surface area contributed by atoms with E-state index in [0.29, 0.717) is 13.0 Å². The maximum Gasteiger partial charge on any atom is 0.407 e. The van der Waals surface area contributed by atoms with Crippen LogP contribution in [0.3, 0.4) is 0 Å². The van der Waals surface area contributed by atoms with Crippen LogP contribution < -0.4 is 11.1 Å². The number of halogens is 1. The molecule has 0 saturated carbocycles. The zero-order valence-corrected chi connectivity index (χ0v) is 11.9. The summed E-state index contributed by atoms with van der Waals surface area (Å²) in [5.41, 5.74) is 5.23. The number of hydrogen-bond acceptors (Lipinski definition) is 3. The third-order valence-corrected chi connectivity index (χ3v) is 2.17. The Morgan fingerprint density at radius 1 is 1.45 bits per heavy atom. The first-order valence-corrected chi connectivity index (χ1v) is 6.29. The highest BCUT2D eigenvalue weighted by molar-refractivity contribution is 5.67. The molecule has 0 heterocycles. The van der Waals surface area contributed by atoms with Crippen LogP contribution in [0, 0.1) is 17.7 Å². The van der Waals surface area contributed by atoms with Gasteiger partial charge in [0.25, 0.3) is 0 Å². The molecular formula is C15H19FN2O2. The Bertz CT molecular complexity index is 539. The van der Waals surface area contributed by atoms with Gasteiger partial charge in [-0.2, -0.15) is 0 Å². The molecule has 0 spiro atoms. The molecule has 5 heteroatoms. The molecule has 0 unspecified atom stereocenters. The largest absolute Gasteiger partial charge is 0.444 e. The Labute approximate surface area is 118 Å². The predicted molar refractivity (Wildman–Crippen MR) is 76.5 cm³/mol. The van der Waals surface area contributed by atoms with E-state index >= 15 is 0 Å². The van der Waals surface area contributed by atoms with E-state index < -0.39 is 17.5 Å². The number of nitrogens with two attached hydrogens (primary N) is 1. The molecule has 0 saturated heterocycles. The van der Waals surface area contributed by atoms with Gasteiger partial charge in [-0.3, -0.25) is 0 Å². The van der Waals surface area contributed by atoms with Crippen LogP contribution in [0.2, 0.25) is 0 Å². The zero-order valence-electron chi connectivity index (χ0n) is 11.9. The van der Waals surface area contributed by atoms with Gasteiger partial charge in [0.1, 0.15) is 5.60 Å². The minimum Gasteiger partial charge on any atom is -0.444 e. The number of ether oxygens (including phenoxy) is 1. The maximum absolute atomic E-state index is 13.5. The molecule has 0 fully saturated rings. The lowest BCUT2D eigenvalue weighted by molar-refractivity contribution is 0.0529. The average molecular weight is 278 g/mol. The SMILES string of the molecule is CC(C)(C)OC(=O)NCCC#Cc1cccc(N)c1F. The molecule has 0 radical (unpaired) electrons. The highest BCUT2D eigenvalue weighted by Gasteiger charge is 2.15. The third kappa shape index (κ3) is 5.61. The molecular weight excluding hydrogens is 259 g/mol. The number of benzene rings is 1. The molecule has 0 aliphatic rings. The first-order chi connectivity index (χ1) is 9.29. The Morgan fingerprint density at radius 2 is 2.15 bits per heavy atom. The highest BCUT2D eigenvalue weighted by Crippen LogP contribution is 2.13. The summed E-state index contributed by atoms with van der Waals surface area (Å²) in [6, 6.07) is 4.67. The molecule has 3 N–H and O–H groups in total. The van der Waals surface area contributed by atoms with Crippen LogP contribution in [0.5, 0.6) is 0 Å². The first kappa shape index (κ1) is 15.8. The molecule has 1 aromatic rings. The van der Waals surface area contributed by atoms with Crippen LogP contribution in [-0.4, -0.2) is 18.2 Å². The number of carbonyl (C=O) groups excluding carboxylic acids is 1. The second kappa shape index (κ2) is 6.80. The van der Waals surface area contributed by atoms with Crippen molar-refractivity contribution in [3.63, 3.8) is 0 Å². The van der Waals surface area contributed by atoms with E-state index in [0.717, 1.165) is 0 Å². The lowest BCUT2D eigenvalue weighted by atomic mass is 10.2. The van der Waals surface area contributed by atoms with Crippen LogP contribution in [0.25, 0.3) is 0 Å². The Kier molecular flexibility index (Phi) is 5.39. The van der Waals surface area contributed by atoms with Gasteiger partial charge in [0.2, 0.25) is 0 Å². The second-order valence-corrected chi connectivity index (χ2v) is 5.19. The zero-order chi connectivity index (χ0) is 15.2. The van der Waals surface area contributed by atoms with Gasteiger partial charge in [0.15, 0.2) is 5.82 Å². The number of rotatable bonds is 2. The van der Waals surface area contributed by atoms with Gasteiger partial charge in [-0.15, -0.1) is 0 Å². The summed E-state index contributed by atoms with van der Waals surface area (Å²) in [7, 11) is 0. The molecule has 4 nitrogen and oxygen atoms in total. The predicted octanol–water partition coefficient (Wildman–Crippen LogP) is 2.67. The standard InChI is InChI=1S/C15H19FN2O2/c1-15(2,3)20-14(19)18-10-5-4-7-11-8-6-9-12(17)13(11)16/h6,8-9H,5,10,17H2,1-3H3,(H,18,19). The molecule has 0 aromatic heterocycles. The summed E-state index contributed by atoms with van der Waals surface area (Å²) < 4.78 is 18.6. The average Bonchev–Trinajstić information content (AvgIpc) is 2.31. The molecule has 1 rings (SSSR count). The summed E-state index contributed by atoms with van der Waals surface area (Å²) in [5.74, 6) is 4.94. The van der Waals surface area contributed by atoms with Crippen molar-refractivity contribution in [2.24, 2.45) is 0 Å². The van der Waals surface area contributed by atoms with Gasteiger partial charge < -0.3 is 15.8 Å². The molecule has 20 heavy (non-hydrogen) atoms. The van der Waals surface area contributed by atoms with E-state index in [1.54, 1.807) is 32.9 Å². The third-order valence-electron chi connectivity index (χ3n) is 2.17. The van der Waals surface area contributed by atoms with E-state index in [9.17, 15) is 9.18 Å². The van der Waals surface area contributed by atoms with Crippen LogP contribution >= 0.6 is 0 Å². The first-order valence-electron chi connectivity index (χ1n) is 6.29. The highest BCUT2D eigenvalue weighted by atomic mass is 19.1. The van der Waals surface area contributed by atoms with E-state index in [2.05, 4.69) is 17.2 Å². The van der Waals surface area contributed by atoms with Crippen molar-refractivity contribution in [2.75, 3.05) is 12.3 Å². The lowest BCUT2D eigenvalue weighted by Gasteiger charge is -2.19. The van der Waals surface area contributed by atoms with Crippen molar-refractivity contribution in [3.05, 3.63) is 29.6 Å². The van der Waals surface area contributed by atoms with Crippen molar-refractivity contribution in [1.29, 1.82) is 0 Å². The summed E-state index contributed by atoms with van der Waals surface area (Å²) in [6.45, 7) is 5.70. The van der Waals surface area contributed by atoms with E-state index in [1.165, 1.54) is 6.07 Å². The monoisotopic (exact) mass is 278 g/mol. The summed E-state index contributed by atoms with van der Waals surface area (Å²) in [6.07, 6.45) is -0.0950. The molecule has 108 valence electrons. The minimum atomic E-state index is -0.527. The molecule has 0 atom stereocenters. The molecule has 1 amide bonds. The van der Waals surface area contributed by atoms with Crippen molar-refractivity contribution in [1.82, 2.24) is 5.32 Å². The fourth-order valence-corrected chi connectivity index (χ4v) is 1.35. The molecule has 0 bridgehead atoms. The van der Waals surface area contributed by atoms with Gasteiger partial charge in [-0.25, -0.2) is 9.18 Å². The van der Waals surface area contributed by atoms with Gasteiger partial charge >= 0.3 is 6.09 Å². The number of carbonyl (C=O) groups is 1. The summed E-state index contributed by atoms with van der Waals surface area (Å²) in [5, 5.41) is 2.57. The number of anilines is 1. The van der Waals surface area contributed by atoms with Crippen LogP contribution in [-0.2, 0) is 4.74 Å². The Morgan fingerprint density at radius 3 is 2.80 bits per heavy atom. The van der Waals surface area contributed by atoms with Crippen molar-refractivity contribution in [2.45, 2.75) is 32.8 Å². The van der Waals surface area contributed by atoms with Crippen molar-refractivity contribution >= 4 is 11.8 Å². The smallest absolute Gasteiger partial charge is 0.407 e. The fraction of sp³-hybridized carbons (Fsp3) is 0.400. The number of nitrogens with one attached hydrogen (secondary N) is 1. The molecule has 0 aliphatic carbocycles. The molecule has 1 aromatic carbocycles. The van der Waals surface area contributed by atoms with Crippen molar-refractivity contribution < 1.29 is 13.9 Å². The number of alkyl carbamates (subject to hydrolysis) is 1. The van der Waals surface area contributed by atoms with Crippen LogP contribution in [0.4, 0.5) is 14.9 Å². The second-order valence-electron chi connectivity index (χ2n) is 5.19. The summed E-state index contributed by atoms with van der Waals surface area (Å²) >= 11 is 0. The van der Waals surface area contributed by atoms with Gasteiger partial charge in [-0.1, -0.05) is 17.9 Å². The van der Waals surface area contributed by atoms with E-state index in [-0.39, 0.29) is 11.3 Å². The van der Waals surface area contributed by atoms with Crippen LogP contribution in [0.1, 0.15) is 32.8 Å². The minimum absolute atomic E-state index is 0.0729.